The van der Waals surface area contributed by atoms with Gasteiger partial charge in [0.25, 0.3) is 0 Å². The van der Waals surface area contributed by atoms with Crippen molar-refractivity contribution >= 4 is 5.78 Å². The number of β-amino-alcohol motifs (C(OH)–C–C–N with tert-alkyl or cyclic N) is 1. The van der Waals surface area contributed by atoms with E-state index in [1.54, 1.807) is 4.90 Å². The highest BCUT2D eigenvalue weighted by atomic mass is 19.1. The number of phenols is 1. The highest BCUT2D eigenvalue weighted by Crippen LogP contribution is 2.43. The Morgan fingerprint density at radius 3 is 2.47 bits per heavy atom. The lowest BCUT2D eigenvalue weighted by molar-refractivity contribution is 0.0219. The van der Waals surface area contributed by atoms with Crippen molar-refractivity contribution in [2.75, 3.05) is 19.6 Å². The van der Waals surface area contributed by atoms with Crippen molar-refractivity contribution in [2.24, 2.45) is 5.92 Å². The zero-order valence-corrected chi connectivity index (χ0v) is 15.7. The number of phenolic OH excluding ortho intramolecular Hbond substituents is 1. The lowest BCUT2D eigenvalue weighted by atomic mass is 9.95. The average molecular weight is 425 g/mol. The van der Waals surface area contributed by atoms with E-state index in [1.807, 2.05) is 0 Å². The summed E-state index contributed by atoms with van der Waals surface area (Å²) in [6, 6.07) is 4.55. The van der Waals surface area contributed by atoms with E-state index in [9.17, 15) is 27.5 Å². The van der Waals surface area contributed by atoms with Crippen LogP contribution in [0.4, 0.5) is 17.6 Å². The number of aromatic hydroxyl groups is 1. The van der Waals surface area contributed by atoms with E-state index in [4.69, 9.17) is 9.84 Å². The molecule has 0 unspecified atom stereocenters. The lowest BCUT2D eigenvalue weighted by Gasteiger charge is -2.23. The van der Waals surface area contributed by atoms with Gasteiger partial charge in [-0.05, 0) is 30.7 Å². The third kappa shape index (κ3) is 3.87. The first-order valence-electron chi connectivity index (χ1n) is 9.42. The minimum absolute atomic E-state index is 0.0895. The molecule has 3 atom stereocenters. The second-order valence-electron chi connectivity index (χ2n) is 7.94. The Morgan fingerprint density at radius 1 is 1.13 bits per heavy atom. The number of ether oxygens (including phenoxy) is 1. The maximum Gasteiger partial charge on any atom is 0.187 e. The van der Waals surface area contributed by atoms with Crippen LogP contribution in [0, 0.1) is 29.2 Å². The summed E-state index contributed by atoms with van der Waals surface area (Å²) in [5.74, 6) is -5.97. The molecule has 0 spiro atoms. The van der Waals surface area contributed by atoms with Crippen molar-refractivity contribution in [1.29, 1.82) is 0 Å². The number of nitrogens with zero attached hydrogens (tertiary/aromatic N) is 1. The van der Waals surface area contributed by atoms with Crippen molar-refractivity contribution in [3.63, 3.8) is 0 Å². The second-order valence-corrected chi connectivity index (χ2v) is 7.94. The van der Waals surface area contributed by atoms with Gasteiger partial charge in [-0.15, -0.1) is 0 Å². The maximum atomic E-state index is 13.8. The number of hydrogen-bond acceptors (Lipinski definition) is 5. The number of benzene rings is 2. The van der Waals surface area contributed by atoms with Gasteiger partial charge in [0.1, 0.15) is 11.9 Å². The van der Waals surface area contributed by atoms with Crippen LogP contribution in [0.25, 0.3) is 0 Å². The topological polar surface area (TPSA) is 70.0 Å². The molecule has 0 aromatic heterocycles. The number of hydrogen-bond donors (Lipinski definition) is 2. The van der Waals surface area contributed by atoms with Gasteiger partial charge in [0.05, 0.1) is 12.1 Å². The van der Waals surface area contributed by atoms with Crippen LogP contribution >= 0.6 is 0 Å². The molecular formula is C21H19F4NO4. The third-order valence-corrected chi connectivity index (χ3v) is 5.76. The first-order valence-corrected chi connectivity index (χ1v) is 9.42. The summed E-state index contributed by atoms with van der Waals surface area (Å²) in [5, 5.41) is 20.1. The standard InChI is InChI=1S/C21H19F4NO4/c22-13-1-2-19(15(23)6-13)30-14-5-12-8-26(10-21(12,29)7-14)9-18(27)11-3-16(24)20(28)17(25)4-11/h1-4,6,12,14,28-29H,5,7-10H2/t12-,14+,21-/m1/s1. The largest absolute Gasteiger partial charge is 0.503 e. The first-order chi connectivity index (χ1) is 14.1. The molecule has 30 heavy (non-hydrogen) atoms. The molecule has 2 fully saturated rings. The van der Waals surface area contributed by atoms with Gasteiger partial charge in [-0.25, -0.2) is 17.6 Å². The Labute approximate surface area is 169 Å². The molecular weight excluding hydrogens is 406 g/mol. The molecule has 1 aliphatic carbocycles. The van der Waals surface area contributed by atoms with E-state index >= 15 is 0 Å². The van der Waals surface area contributed by atoms with Gasteiger partial charge in [0.15, 0.2) is 34.7 Å². The molecule has 9 heteroatoms. The summed E-state index contributed by atoms with van der Waals surface area (Å²) in [4.78, 5) is 14.1. The molecule has 2 N–H and O–H groups in total. The van der Waals surface area contributed by atoms with Crippen molar-refractivity contribution < 1.29 is 37.3 Å². The number of rotatable bonds is 5. The van der Waals surface area contributed by atoms with Gasteiger partial charge in [-0.2, -0.15) is 0 Å². The van der Waals surface area contributed by atoms with E-state index in [1.165, 1.54) is 6.07 Å². The smallest absolute Gasteiger partial charge is 0.187 e. The van der Waals surface area contributed by atoms with Gasteiger partial charge in [0.2, 0.25) is 0 Å². The van der Waals surface area contributed by atoms with Crippen molar-refractivity contribution in [3.05, 3.63) is 59.2 Å². The second kappa shape index (κ2) is 7.55. The van der Waals surface area contributed by atoms with Gasteiger partial charge >= 0.3 is 0 Å². The van der Waals surface area contributed by atoms with Gasteiger partial charge in [0, 0.05) is 37.1 Å². The zero-order valence-electron chi connectivity index (χ0n) is 15.7. The van der Waals surface area contributed by atoms with Crippen LogP contribution in [0.5, 0.6) is 11.5 Å². The normalized spacial score (nSPS) is 26.0. The fourth-order valence-corrected chi connectivity index (χ4v) is 4.36. The molecule has 0 amide bonds. The van der Waals surface area contributed by atoms with Gasteiger partial charge in [-0.1, -0.05) is 0 Å². The fraction of sp³-hybridized carbons (Fsp3) is 0.381. The third-order valence-electron chi connectivity index (χ3n) is 5.76. The van der Waals surface area contributed by atoms with E-state index < -0.39 is 46.5 Å². The summed E-state index contributed by atoms with van der Waals surface area (Å²) < 4.78 is 59.4. The molecule has 1 aliphatic heterocycles. The highest BCUT2D eigenvalue weighted by molar-refractivity contribution is 5.97. The van der Waals surface area contributed by atoms with Crippen molar-refractivity contribution in [3.8, 4) is 11.5 Å². The molecule has 2 aromatic rings. The molecule has 2 aromatic carbocycles. The predicted molar refractivity (Wildman–Crippen MR) is 97.2 cm³/mol. The number of likely N-dealkylation sites (tertiary alicyclic amines) is 1. The first kappa shape index (κ1) is 20.6. The Morgan fingerprint density at radius 2 is 1.83 bits per heavy atom. The Kier molecular flexibility index (Phi) is 5.19. The van der Waals surface area contributed by atoms with Crippen LogP contribution in [-0.4, -0.2) is 52.2 Å². The zero-order chi connectivity index (χ0) is 21.6. The van der Waals surface area contributed by atoms with Crippen LogP contribution in [-0.2, 0) is 0 Å². The molecule has 160 valence electrons. The fourth-order valence-electron chi connectivity index (χ4n) is 4.36. The minimum Gasteiger partial charge on any atom is -0.503 e. The highest BCUT2D eigenvalue weighted by Gasteiger charge is 2.53. The Bertz CT molecular complexity index is 978. The number of aliphatic hydroxyl groups is 1. The number of Topliss-reactive ketones (excluding diaryl/α,β-unsaturated/α-hetero) is 1. The summed E-state index contributed by atoms with van der Waals surface area (Å²) in [5.41, 5.74) is -1.35. The number of fused-ring (bicyclic) bond motifs is 1. The van der Waals surface area contributed by atoms with E-state index in [0.29, 0.717) is 13.0 Å². The van der Waals surface area contributed by atoms with Crippen molar-refractivity contribution in [1.82, 2.24) is 4.90 Å². The van der Waals surface area contributed by atoms with Gasteiger partial charge in [-0.3, -0.25) is 9.69 Å². The molecule has 5 nitrogen and oxygen atoms in total. The summed E-state index contributed by atoms with van der Waals surface area (Å²) in [7, 11) is 0. The average Bonchev–Trinajstić information content (AvgIpc) is 3.11. The number of carbonyl (C=O) groups excluding carboxylic acids is 1. The van der Waals surface area contributed by atoms with E-state index in [0.717, 1.165) is 24.3 Å². The quantitative estimate of drug-likeness (QED) is 0.569. The molecule has 2 aliphatic rings. The van der Waals surface area contributed by atoms with Crippen LogP contribution < -0.4 is 4.74 Å². The van der Waals surface area contributed by atoms with Crippen LogP contribution in [0.2, 0.25) is 0 Å². The van der Waals surface area contributed by atoms with E-state index in [-0.39, 0.29) is 36.7 Å². The van der Waals surface area contributed by atoms with Crippen LogP contribution in [0.1, 0.15) is 23.2 Å². The molecule has 1 saturated carbocycles. The lowest BCUT2D eigenvalue weighted by Crippen LogP contribution is -2.37. The maximum absolute atomic E-state index is 13.8. The molecule has 1 saturated heterocycles. The summed E-state index contributed by atoms with van der Waals surface area (Å²) >= 11 is 0. The Balaban J connectivity index is 1.37. The van der Waals surface area contributed by atoms with Crippen molar-refractivity contribution in [2.45, 2.75) is 24.5 Å². The summed E-state index contributed by atoms with van der Waals surface area (Å²) in [6.07, 6.45) is 0.167. The molecule has 1 heterocycles. The summed E-state index contributed by atoms with van der Waals surface area (Å²) in [6.45, 7) is 0.357. The van der Waals surface area contributed by atoms with Gasteiger partial charge < -0.3 is 14.9 Å². The number of carbonyl (C=O) groups is 1. The molecule has 0 bridgehead atoms. The van der Waals surface area contributed by atoms with Crippen LogP contribution in [0.3, 0.4) is 0 Å². The molecule has 4 rings (SSSR count). The Hall–Kier alpha value is -2.65. The number of ketones is 1. The van der Waals surface area contributed by atoms with Crippen LogP contribution in [0.15, 0.2) is 30.3 Å². The predicted octanol–water partition coefficient (Wildman–Crippen LogP) is 3.04. The minimum atomic E-state index is -1.22. The van der Waals surface area contributed by atoms with E-state index in [2.05, 4.69) is 0 Å². The monoisotopic (exact) mass is 425 g/mol. The molecule has 0 radical (unpaired) electrons. The number of halogens is 4. The SMILES string of the molecule is O=C(CN1C[C@H]2C[C@H](Oc3ccc(F)cc3F)C[C@@]2(O)C1)c1cc(F)c(O)c(F)c1.